The summed E-state index contributed by atoms with van der Waals surface area (Å²) in [7, 11) is 0. The largest absolute Gasteiger partial charge is 0.350 e. The number of hydrogen-bond donors (Lipinski definition) is 1. The van der Waals surface area contributed by atoms with Gasteiger partial charge in [0.25, 0.3) is 0 Å². The first kappa shape index (κ1) is 16.4. The van der Waals surface area contributed by atoms with E-state index < -0.39 is 0 Å². The van der Waals surface area contributed by atoms with Gasteiger partial charge in [0.1, 0.15) is 5.82 Å². The van der Waals surface area contributed by atoms with E-state index in [2.05, 4.69) is 10.2 Å². The number of rotatable bonds is 4. The molecule has 0 unspecified atom stereocenters. The lowest BCUT2D eigenvalue weighted by atomic mass is 9.88. The summed E-state index contributed by atoms with van der Waals surface area (Å²) in [6, 6.07) is 6.68. The van der Waals surface area contributed by atoms with Crippen LogP contribution in [0.25, 0.3) is 0 Å². The summed E-state index contributed by atoms with van der Waals surface area (Å²) in [4.78, 5) is 14.6. The smallest absolute Gasteiger partial charge is 0.237 e. The van der Waals surface area contributed by atoms with Crippen molar-refractivity contribution in [2.24, 2.45) is 5.92 Å². The molecule has 1 N–H and O–H groups in total. The van der Waals surface area contributed by atoms with Crippen LogP contribution >= 0.6 is 0 Å². The number of hydrogen-bond acceptors (Lipinski definition) is 2. The molecule has 1 saturated carbocycles. The summed E-state index contributed by atoms with van der Waals surface area (Å²) in [5, 5.41) is 3.12. The second kappa shape index (κ2) is 7.43. The molecule has 1 heterocycles. The third kappa shape index (κ3) is 4.31. The highest BCUT2D eigenvalue weighted by molar-refractivity contribution is 5.82. The highest BCUT2D eigenvalue weighted by Gasteiger charge is 2.32. The SMILES string of the molecule is C[C@H]1C(=O)N[C@@H](Cc2ccc(F)cc2)CN1CC1CCCCC1. The molecule has 1 aliphatic heterocycles. The van der Waals surface area contributed by atoms with Crippen LogP contribution in [0.2, 0.25) is 0 Å². The summed E-state index contributed by atoms with van der Waals surface area (Å²) in [6.45, 7) is 3.93. The zero-order valence-electron chi connectivity index (χ0n) is 13.9. The minimum atomic E-state index is -0.214. The van der Waals surface area contributed by atoms with Crippen LogP contribution in [0.5, 0.6) is 0 Å². The van der Waals surface area contributed by atoms with Gasteiger partial charge in [0, 0.05) is 19.1 Å². The van der Waals surface area contributed by atoms with Crippen molar-refractivity contribution >= 4 is 5.91 Å². The van der Waals surface area contributed by atoms with Gasteiger partial charge in [-0.05, 0) is 49.8 Å². The molecule has 0 aromatic heterocycles. The van der Waals surface area contributed by atoms with E-state index in [1.807, 2.05) is 19.1 Å². The number of nitrogens with zero attached hydrogens (tertiary/aromatic N) is 1. The lowest BCUT2D eigenvalue weighted by Gasteiger charge is -2.40. The van der Waals surface area contributed by atoms with Gasteiger partial charge in [0.15, 0.2) is 0 Å². The van der Waals surface area contributed by atoms with Crippen molar-refractivity contribution < 1.29 is 9.18 Å². The highest BCUT2D eigenvalue weighted by Crippen LogP contribution is 2.26. The monoisotopic (exact) mass is 318 g/mol. The molecule has 2 aliphatic rings. The molecule has 1 aliphatic carbocycles. The Labute approximate surface area is 138 Å². The van der Waals surface area contributed by atoms with E-state index in [4.69, 9.17) is 0 Å². The zero-order valence-corrected chi connectivity index (χ0v) is 13.9. The van der Waals surface area contributed by atoms with E-state index in [9.17, 15) is 9.18 Å². The average molecular weight is 318 g/mol. The number of piperazine rings is 1. The van der Waals surface area contributed by atoms with Gasteiger partial charge in [0.05, 0.1) is 6.04 Å². The standard InChI is InChI=1S/C19H27FN2O/c1-14-19(23)21-18(11-15-7-9-17(20)10-8-15)13-22(14)12-16-5-3-2-4-6-16/h7-10,14,16,18H,2-6,11-13H2,1H3,(H,21,23)/t14-,18-/m0/s1. The Kier molecular flexibility index (Phi) is 5.31. The number of carbonyl (C=O) groups is 1. The fraction of sp³-hybridized carbons (Fsp3) is 0.632. The summed E-state index contributed by atoms with van der Waals surface area (Å²) >= 11 is 0. The first-order valence-electron chi connectivity index (χ1n) is 8.90. The molecule has 1 aromatic rings. The lowest BCUT2D eigenvalue weighted by Crippen LogP contribution is -2.60. The molecule has 0 radical (unpaired) electrons. The van der Waals surface area contributed by atoms with Gasteiger partial charge in [-0.15, -0.1) is 0 Å². The minimum Gasteiger partial charge on any atom is -0.350 e. The number of benzene rings is 1. The van der Waals surface area contributed by atoms with Crippen LogP contribution < -0.4 is 5.32 Å². The van der Waals surface area contributed by atoms with Gasteiger partial charge >= 0.3 is 0 Å². The summed E-state index contributed by atoms with van der Waals surface area (Å²) < 4.78 is 13.0. The fourth-order valence-corrected chi connectivity index (χ4v) is 3.93. The van der Waals surface area contributed by atoms with Crippen LogP contribution in [0.1, 0.15) is 44.6 Å². The molecule has 23 heavy (non-hydrogen) atoms. The van der Waals surface area contributed by atoms with Crippen molar-refractivity contribution in [3.8, 4) is 0 Å². The highest BCUT2D eigenvalue weighted by atomic mass is 19.1. The Morgan fingerprint density at radius 3 is 2.57 bits per heavy atom. The molecule has 4 heteroatoms. The van der Waals surface area contributed by atoms with Gasteiger partial charge in [-0.3, -0.25) is 9.69 Å². The third-order valence-corrected chi connectivity index (χ3v) is 5.34. The third-order valence-electron chi connectivity index (χ3n) is 5.34. The van der Waals surface area contributed by atoms with Crippen molar-refractivity contribution in [1.29, 1.82) is 0 Å². The van der Waals surface area contributed by atoms with Crippen molar-refractivity contribution in [2.45, 2.75) is 57.5 Å². The number of carbonyl (C=O) groups excluding carboxylic acids is 1. The second-order valence-electron chi connectivity index (χ2n) is 7.17. The maximum Gasteiger partial charge on any atom is 0.237 e. The Hall–Kier alpha value is -1.42. The van der Waals surface area contributed by atoms with Gasteiger partial charge in [-0.25, -0.2) is 4.39 Å². The minimum absolute atomic E-state index is 0.0404. The summed E-state index contributed by atoms with van der Waals surface area (Å²) in [6.07, 6.45) is 7.39. The quantitative estimate of drug-likeness (QED) is 0.925. The van der Waals surface area contributed by atoms with Gasteiger partial charge in [0.2, 0.25) is 5.91 Å². The Bertz CT molecular complexity index is 525. The fourth-order valence-electron chi connectivity index (χ4n) is 3.93. The summed E-state index contributed by atoms with van der Waals surface area (Å²) in [5.74, 6) is 0.650. The zero-order chi connectivity index (χ0) is 16.2. The molecule has 3 nitrogen and oxygen atoms in total. The molecular formula is C19H27FN2O. The van der Waals surface area contributed by atoms with E-state index in [-0.39, 0.29) is 23.8 Å². The molecule has 3 rings (SSSR count). The van der Waals surface area contributed by atoms with Crippen LogP contribution in [0.4, 0.5) is 4.39 Å². The Morgan fingerprint density at radius 1 is 1.17 bits per heavy atom. The molecule has 0 bridgehead atoms. The predicted molar refractivity (Wildman–Crippen MR) is 89.6 cm³/mol. The van der Waals surface area contributed by atoms with Gasteiger partial charge in [-0.2, -0.15) is 0 Å². The molecule has 1 aromatic carbocycles. The molecule has 2 atom stereocenters. The van der Waals surface area contributed by atoms with Crippen molar-refractivity contribution in [3.63, 3.8) is 0 Å². The van der Waals surface area contributed by atoms with Gasteiger partial charge < -0.3 is 5.32 Å². The van der Waals surface area contributed by atoms with Crippen LogP contribution in [-0.2, 0) is 11.2 Å². The topological polar surface area (TPSA) is 32.3 Å². The maximum atomic E-state index is 13.0. The molecule has 126 valence electrons. The molecule has 1 saturated heterocycles. The first-order chi connectivity index (χ1) is 11.1. The van der Waals surface area contributed by atoms with Crippen molar-refractivity contribution in [3.05, 3.63) is 35.6 Å². The second-order valence-corrected chi connectivity index (χ2v) is 7.17. The number of nitrogens with one attached hydrogen (secondary N) is 1. The Morgan fingerprint density at radius 2 is 1.87 bits per heavy atom. The molecule has 1 amide bonds. The van der Waals surface area contributed by atoms with Crippen LogP contribution in [0.3, 0.4) is 0 Å². The van der Waals surface area contributed by atoms with E-state index in [0.717, 1.165) is 31.0 Å². The molecule has 0 spiro atoms. The van der Waals surface area contributed by atoms with Crippen molar-refractivity contribution in [1.82, 2.24) is 10.2 Å². The molecule has 2 fully saturated rings. The average Bonchev–Trinajstić information content (AvgIpc) is 2.55. The number of halogens is 1. The normalized spacial score (nSPS) is 27.0. The maximum absolute atomic E-state index is 13.0. The van der Waals surface area contributed by atoms with E-state index >= 15 is 0 Å². The number of amides is 1. The summed E-state index contributed by atoms with van der Waals surface area (Å²) in [5.41, 5.74) is 1.07. The first-order valence-corrected chi connectivity index (χ1v) is 8.90. The van der Waals surface area contributed by atoms with E-state index in [0.29, 0.717) is 0 Å². The Balaban J connectivity index is 1.61. The van der Waals surface area contributed by atoms with E-state index in [1.165, 1.54) is 44.2 Å². The predicted octanol–water partition coefficient (Wildman–Crippen LogP) is 3.14. The van der Waals surface area contributed by atoms with Crippen molar-refractivity contribution in [2.75, 3.05) is 13.1 Å². The van der Waals surface area contributed by atoms with Crippen LogP contribution in [-0.4, -0.2) is 36.0 Å². The van der Waals surface area contributed by atoms with E-state index in [1.54, 1.807) is 0 Å². The van der Waals surface area contributed by atoms with Gasteiger partial charge in [-0.1, -0.05) is 31.4 Å². The lowest BCUT2D eigenvalue weighted by molar-refractivity contribution is -0.130. The van der Waals surface area contributed by atoms with Crippen LogP contribution in [0.15, 0.2) is 24.3 Å². The van der Waals surface area contributed by atoms with Crippen LogP contribution in [0, 0.1) is 11.7 Å². The molecular weight excluding hydrogens is 291 g/mol.